The van der Waals surface area contributed by atoms with Crippen molar-refractivity contribution in [1.29, 1.82) is 0 Å². The molecular weight excluding hydrogens is 232 g/mol. The molecule has 0 amide bonds. The first-order valence-electron chi connectivity index (χ1n) is 8.47. The number of piperidine rings is 1. The Hall–Kier alpha value is -0.0800. The lowest BCUT2D eigenvalue weighted by atomic mass is 9.84. The molecule has 3 atom stereocenters. The number of nitrogens with zero attached hydrogens (tertiary/aromatic N) is 1. The largest absolute Gasteiger partial charge is 0.316 e. The van der Waals surface area contributed by atoms with Gasteiger partial charge in [0.25, 0.3) is 0 Å². The van der Waals surface area contributed by atoms with Gasteiger partial charge in [-0.05, 0) is 49.5 Å². The Kier molecular flexibility index (Phi) is 5.30. The maximum absolute atomic E-state index is 3.70. The van der Waals surface area contributed by atoms with E-state index in [4.69, 9.17) is 0 Å². The maximum Gasteiger partial charge on any atom is 0.00988 e. The van der Waals surface area contributed by atoms with Crippen LogP contribution >= 0.6 is 0 Å². The summed E-state index contributed by atoms with van der Waals surface area (Å²) in [6.07, 6.45) is 7.11. The quantitative estimate of drug-likeness (QED) is 0.723. The molecule has 0 aromatic heterocycles. The SMILES string of the molecule is CCCC(C)(CNCC(C)C)CN1CC2CCC1C2. The highest BCUT2D eigenvalue weighted by atomic mass is 15.2. The molecule has 2 aliphatic rings. The summed E-state index contributed by atoms with van der Waals surface area (Å²) in [5.41, 5.74) is 0.466. The Morgan fingerprint density at radius 3 is 2.63 bits per heavy atom. The fraction of sp³-hybridized carbons (Fsp3) is 1.00. The molecule has 1 heterocycles. The minimum absolute atomic E-state index is 0.466. The van der Waals surface area contributed by atoms with Gasteiger partial charge in [0.15, 0.2) is 0 Å². The van der Waals surface area contributed by atoms with Gasteiger partial charge in [0.05, 0.1) is 0 Å². The van der Waals surface area contributed by atoms with Crippen LogP contribution in [-0.4, -0.2) is 37.1 Å². The van der Waals surface area contributed by atoms with Crippen molar-refractivity contribution >= 4 is 0 Å². The van der Waals surface area contributed by atoms with Gasteiger partial charge in [0.2, 0.25) is 0 Å². The van der Waals surface area contributed by atoms with Crippen LogP contribution in [0.2, 0.25) is 0 Å². The summed E-state index contributed by atoms with van der Waals surface area (Å²) < 4.78 is 0. The summed E-state index contributed by atoms with van der Waals surface area (Å²) >= 11 is 0. The molecule has 0 aromatic rings. The van der Waals surface area contributed by atoms with Gasteiger partial charge in [-0.2, -0.15) is 0 Å². The van der Waals surface area contributed by atoms with Crippen molar-refractivity contribution in [2.24, 2.45) is 17.3 Å². The topological polar surface area (TPSA) is 15.3 Å². The van der Waals surface area contributed by atoms with Gasteiger partial charge < -0.3 is 5.32 Å². The first-order chi connectivity index (χ1) is 9.02. The molecule has 1 saturated carbocycles. The molecule has 1 aliphatic carbocycles. The molecule has 2 fully saturated rings. The molecule has 1 aliphatic heterocycles. The molecule has 0 aromatic carbocycles. The predicted molar refractivity (Wildman–Crippen MR) is 83.4 cm³/mol. The van der Waals surface area contributed by atoms with E-state index < -0.39 is 0 Å². The minimum atomic E-state index is 0.466. The van der Waals surface area contributed by atoms with Crippen LogP contribution in [0.3, 0.4) is 0 Å². The van der Waals surface area contributed by atoms with Gasteiger partial charge in [0.1, 0.15) is 0 Å². The van der Waals surface area contributed by atoms with Crippen LogP contribution in [0.1, 0.15) is 59.8 Å². The molecule has 1 saturated heterocycles. The Morgan fingerprint density at radius 2 is 2.11 bits per heavy atom. The van der Waals surface area contributed by atoms with E-state index in [2.05, 4.69) is 37.9 Å². The van der Waals surface area contributed by atoms with E-state index in [-0.39, 0.29) is 0 Å². The summed E-state index contributed by atoms with van der Waals surface area (Å²) in [4.78, 5) is 2.81. The maximum atomic E-state index is 3.70. The summed E-state index contributed by atoms with van der Waals surface area (Å²) in [6, 6.07) is 0.922. The van der Waals surface area contributed by atoms with Gasteiger partial charge >= 0.3 is 0 Å². The number of hydrogen-bond donors (Lipinski definition) is 1. The fourth-order valence-electron chi connectivity index (χ4n) is 4.20. The minimum Gasteiger partial charge on any atom is -0.316 e. The van der Waals surface area contributed by atoms with E-state index in [9.17, 15) is 0 Å². The summed E-state index contributed by atoms with van der Waals surface area (Å²) in [5, 5.41) is 3.70. The Morgan fingerprint density at radius 1 is 1.32 bits per heavy atom. The van der Waals surface area contributed by atoms with Gasteiger partial charge in [0, 0.05) is 25.7 Å². The van der Waals surface area contributed by atoms with E-state index in [1.54, 1.807) is 0 Å². The zero-order chi connectivity index (χ0) is 13.9. The molecule has 3 unspecified atom stereocenters. The van der Waals surface area contributed by atoms with Crippen molar-refractivity contribution in [1.82, 2.24) is 10.2 Å². The third kappa shape index (κ3) is 4.19. The summed E-state index contributed by atoms with van der Waals surface area (Å²) in [5.74, 6) is 1.79. The standard InChI is InChI=1S/C17H34N2/c1-5-8-17(4,12-18-10-14(2)3)13-19-11-15-6-7-16(19)9-15/h14-16,18H,5-13H2,1-4H3. The number of hydrogen-bond acceptors (Lipinski definition) is 2. The van der Waals surface area contributed by atoms with Gasteiger partial charge in [-0.3, -0.25) is 4.90 Å². The Bertz CT molecular complexity index is 276. The number of likely N-dealkylation sites (tertiary alicyclic amines) is 1. The highest BCUT2D eigenvalue weighted by Gasteiger charge is 2.40. The van der Waals surface area contributed by atoms with Gasteiger partial charge in [-0.15, -0.1) is 0 Å². The zero-order valence-electron chi connectivity index (χ0n) is 13.5. The molecule has 2 rings (SSSR count). The second-order valence-corrected chi connectivity index (χ2v) is 7.85. The molecule has 1 N–H and O–H groups in total. The van der Waals surface area contributed by atoms with Crippen molar-refractivity contribution in [3.8, 4) is 0 Å². The number of fused-ring (bicyclic) bond motifs is 2. The number of rotatable bonds is 8. The van der Waals surface area contributed by atoms with Crippen LogP contribution < -0.4 is 5.32 Å². The van der Waals surface area contributed by atoms with Crippen LogP contribution in [-0.2, 0) is 0 Å². The fourth-order valence-corrected chi connectivity index (χ4v) is 4.20. The van der Waals surface area contributed by atoms with E-state index in [0.717, 1.165) is 24.4 Å². The zero-order valence-corrected chi connectivity index (χ0v) is 13.5. The first-order valence-corrected chi connectivity index (χ1v) is 8.47. The smallest absolute Gasteiger partial charge is 0.00988 e. The average molecular weight is 266 g/mol. The lowest BCUT2D eigenvalue weighted by molar-refractivity contribution is 0.120. The van der Waals surface area contributed by atoms with Crippen molar-refractivity contribution in [3.05, 3.63) is 0 Å². The molecule has 112 valence electrons. The van der Waals surface area contributed by atoms with E-state index in [1.807, 2.05) is 0 Å². The van der Waals surface area contributed by atoms with Crippen LogP contribution in [0, 0.1) is 17.3 Å². The molecule has 0 spiro atoms. The normalized spacial score (nSPS) is 30.2. The summed E-state index contributed by atoms with van der Waals surface area (Å²) in [6.45, 7) is 14.5. The van der Waals surface area contributed by atoms with Crippen LogP contribution in [0.15, 0.2) is 0 Å². The molecule has 0 radical (unpaired) electrons. The summed E-state index contributed by atoms with van der Waals surface area (Å²) in [7, 11) is 0. The van der Waals surface area contributed by atoms with E-state index >= 15 is 0 Å². The van der Waals surface area contributed by atoms with Crippen LogP contribution in [0.25, 0.3) is 0 Å². The number of nitrogens with one attached hydrogen (secondary N) is 1. The average Bonchev–Trinajstić information content (AvgIpc) is 2.90. The highest BCUT2D eigenvalue weighted by Crippen LogP contribution is 2.39. The molecular formula is C17H34N2. The Labute approximate surface area is 120 Å². The second kappa shape index (κ2) is 6.58. The third-order valence-electron chi connectivity index (χ3n) is 5.07. The van der Waals surface area contributed by atoms with Crippen molar-refractivity contribution in [3.63, 3.8) is 0 Å². The molecule has 2 heteroatoms. The predicted octanol–water partition coefficient (Wildman–Crippen LogP) is 3.52. The first kappa shape index (κ1) is 15.3. The lowest BCUT2D eigenvalue weighted by Crippen LogP contribution is -2.45. The molecule has 2 nitrogen and oxygen atoms in total. The van der Waals surface area contributed by atoms with Crippen LogP contribution in [0.4, 0.5) is 0 Å². The van der Waals surface area contributed by atoms with Crippen molar-refractivity contribution < 1.29 is 0 Å². The second-order valence-electron chi connectivity index (χ2n) is 7.85. The molecule has 19 heavy (non-hydrogen) atoms. The third-order valence-corrected chi connectivity index (χ3v) is 5.07. The van der Waals surface area contributed by atoms with Gasteiger partial charge in [-0.25, -0.2) is 0 Å². The van der Waals surface area contributed by atoms with E-state index in [1.165, 1.54) is 51.7 Å². The van der Waals surface area contributed by atoms with Crippen molar-refractivity contribution in [2.75, 3.05) is 26.2 Å². The Balaban J connectivity index is 1.83. The lowest BCUT2D eigenvalue weighted by Gasteiger charge is -2.38. The monoisotopic (exact) mass is 266 g/mol. The van der Waals surface area contributed by atoms with Crippen molar-refractivity contribution in [2.45, 2.75) is 65.8 Å². The van der Waals surface area contributed by atoms with Crippen LogP contribution in [0.5, 0.6) is 0 Å². The van der Waals surface area contributed by atoms with E-state index in [0.29, 0.717) is 5.41 Å². The highest BCUT2D eigenvalue weighted by molar-refractivity contribution is 4.95. The van der Waals surface area contributed by atoms with Gasteiger partial charge in [-0.1, -0.05) is 34.1 Å². The molecule has 2 bridgehead atoms.